The predicted octanol–water partition coefficient (Wildman–Crippen LogP) is 5.07. The molecular weight excluding hydrogens is 340 g/mol. The zero-order valence-corrected chi connectivity index (χ0v) is 15.3. The number of amides is 1. The van der Waals surface area contributed by atoms with Gasteiger partial charge in [0.15, 0.2) is 0 Å². The fourth-order valence-electron chi connectivity index (χ4n) is 3.76. The van der Waals surface area contributed by atoms with Crippen LogP contribution in [0.15, 0.2) is 41.8 Å². The quantitative estimate of drug-likeness (QED) is 0.709. The summed E-state index contributed by atoms with van der Waals surface area (Å²) in [5.74, 6) is 0.0692. The Kier molecular flexibility index (Phi) is 3.86. The molecule has 0 spiro atoms. The second kappa shape index (κ2) is 6.36. The number of pyridine rings is 1. The van der Waals surface area contributed by atoms with Crippen molar-refractivity contribution in [1.29, 1.82) is 0 Å². The summed E-state index contributed by atoms with van der Waals surface area (Å²) in [4.78, 5) is 19.3. The van der Waals surface area contributed by atoms with Gasteiger partial charge < -0.3 is 5.32 Å². The van der Waals surface area contributed by atoms with Crippen LogP contribution in [0.25, 0.3) is 22.6 Å². The van der Waals surface area contributed by atoms with Crippen molar-refractivity contribution in [2.75, 3.05) is 0 Å². The zero-order valence-electron chi connectivity index (χ0n) is 14.5. The molecule has 2 heterocycles. The first-order valence-corrected chi connectivity index (χ1v) is 10.1. The molecule has 5 rings (SSSR count). The molecule has 1 amide bonds. The van der Waals surface area contributed by atoms with Crippen molar-refractivity contribution in [3.05, 3.63) is 63.5 Å². The minimum atomic E-state index is 0.0692. The third kappa shape index (κ3) is 2.84. The lowest BCUT2D eigenvalue weighted by Gasteiger charge is -2.22. The average Bonchev–Trinajstić information content (AvgIpc) is 3.32. The van der Waals surface area contributed by atoms with E-state index in [1.807, 2.05) is 24.3 Å². The van der Waals surface area contributed by atoms with Gasteiger partial charge in [-0.2, -0.15) is 0 Å². The summed E-state index contributed by atoms with van der Waals surface area (Å²) in [6.45, 7) is 0. The molecule has 2 aliphatic rings. The van der Waals surface area contributed by atoms with Crippen molar-refractivity contribution in [3.63, 3.8) is 0 Å². The molecule has 1 fully saturated rings. The number of aromatic nitrogens is 1. The monoisotopic (exact) mass is 360 g/mol. The molecule has 0 radical (unpaired) electrons. The number of hydrogen-bond acceptors (Lipinski definition) is 3. The van der Waals surface area contributed by atoms with Crippen molar-refractivity contribution in [2.45, 2.75) is 38.1 Å². The number of para-hydroxylation sites is 1. The summed E-state index contributed by atoms with van der Waals surface area (Å²) in [6.07, 6.45) is 7.43. The van der Waals surface area contributed by atoms with Crippen molar-refractivity contribution in [3.8, 4) is 0 Å². The van der Waals surface area contributed by atoms with Crippen LogP contribution in [0.1, 0.15) is 52.2 Å². The number of benzene rings is 1. The molecule has 1 saturated carbocycles. The van der Waals surface area contributed by atoms with Crippen LogP contribution in [0.3, 0.4) is 0 Å². The number of carbonyl (C=O) groups is 1. The molecule has 3 aromatic rings. The van der Waals surface area contributed by atoms with E-state index in [1.165, 1.54) is 10.5 Å². The number of fused-ring (bicyclic) bond motifs is 2. The number of hydrogen-bond donors (Lipinski definition) is 1. The first kappa shape index (κ1) is 15.8. The molecule has 0 bridgehead atoms. The first-order chi connectivity index (χ1) is 12.8. The van der Waals surface area contributed by atoms with Gasteiger partial charge in [0.1, 0.15) is 0 Å². The molecule has 1 N–H and O–H groups in total. The van der Waals surface area contributed by atoms with Gasteiger partial charge in [-0.05, 0) is 66.8 Å². The number of rotatable bonds is 3. The van der Waals surface area contributed by atoms with Crippen LogP contribution < -0.4 is 5.32 Å². The van der Waals surface area contributed by atoms with E-state index in [0.717, 1.165) is 59.8 Å². The lowest BCUT2D eigenvalue weighted by Crippen LogP contribution is -2.28. The molecule has 26 heavy (non-hydrogen) atoms. The highest BCUT2D eigenvalue weighted by Gasteiger charge is 2.29. The Morgan fingerprint density at radius 3 is 2.85 bits per heavy atom. The Morgan fingerprint density at radius 2 is 2.04 bits per heavy atom. The third-order valence-electron chi connectivity index (χ3n) is 5.17. The van der Waals surface area contributed by atoms with Crippen molar-refractivity contribution < 1.29 is 4.79 Å². The van der Waals surface area contributed by atoms with E-state index in [0.29, 0.717) is 6.04 Å². The molecule has 2 aliphatic carbocycles. The zero-order chi connectivity index (χ0) is 17.5. The Morgan fingerprint density at radius 1 is 1.15 bits per heavy atom. The van der Waals surface area contributed by atoms with Gasteiger partial charge in [-0.25, -0.2) is 4.98 Å². The highest BCUT2D eigenvalue weighted by Crippen LogP contribution is 2.36. The summed E-state index contributed by atoms with van der Waals surface area (Å²) in [7, 11) is 0. The van der Waals surface area contributed by atoms with Crippen LogP contribution in [0.5, 0.6) is 0 Å². The van der Waals surface area contributed by atoms with Gasteiger partial charge in [-0.15, -0.1) is 11.3 Å². The van der Waals surface area contributed by atoms with Gasteiger partial charge in [-0.3, -0.25) is 4.79 Å². The van der Waals surface area contributed by atoms with Crippen molar-refractivity contribution in [1.82, 2.24) is 10.3 Å². The minimum Gasteiger partial charge on any atom is -0.349 e. The molecule has 1 aromatic carbocycles. The van der Waals surface area contributed by atoms with E-state index in [9.17, 15) is 4.79 Å². The largest absolute Gasteiger partial charge is 0.349 e. The summed E-state index contributed by atoms with van der Waals surface area (Å²) in [5, 5.41) is 6.26. The van der Waals surface area contributed by atoms with Gasteiger partial charge in [0.25, 0.3) is 5.91 Å². The molecule has 4 heteroatoms. The Hall–Kier alpha value is -2.46. The number of nitrogens with one attached hydrogen (secondary N) is 1. The standard InChI is InChI=1S/C22H20N2OS/c25-22(23-15-10-11-15)20-17-7-1-2-9-19(17)24-21-14(5-3-8-18(20)21)13-16-6-4-12-26-16/h1-2,4,6-7,9,12-13,15H,3,5,8,10-11H2,(H,23,25)/b14-13-. The topological polar surface area (TPSA) is 42.0 Å². The summed E-state index contributed by atoms with van der Waals surface area (Å²) in [6, 6.07) is 12.6. The molecule has 0 saturated heterocycles. The van der Waals surface area contributed by atoms with Crippen molar-refractivity contribution in [2.24, 2.45) is 0 Å². The van der Waals surface area contributed by atoms with Gasteiger partial charge in [-0.1, -0.05) is 24.3 Å². The van der Waals surface area contributed by atoms with Crippen LogP contribution in [-0.2, 0) is 6.42 Å². The Bertz CT molecular complexity index is 1020. The van der Waals surface area contributed by atoms with Crippen LogP contribution in [0.4, 0.5) is 0 Å². The third-order valence-corrected chi connectivity index (χ3v) is 5.99. The second-order valence-corrected chi connectivity index (χ2v) is 8.10. The fraction of sp³-hybridized carbons (Fsp3) is 0.273. The maximum absolute atomic E-state index is 13.0. The maximum atomic E-state index is 13.0. The van der Waals surface area contributed by atoms with E-state index in [4.69, 9.17) is 4.98 Å². The van der Waals surface area contributed by atoms with E-state index < -0.39 is 0 Å². The minimum absolute atomic E-state index is 0.0692. The van der Waals surface area contributed by atoms with Crippen molar-refractivity contribution >= 4 is 39.8 Å². The van der Waals surface area contributed by atoms with Gasteiger partial charge in [0.2, 0.25) is 0 Å². The average molecular weight is 360 g/mol. The fourth-order valence-corrected chi connectivity index (χ4v) is 4.45. The smallest absolute Gasteiger partial charge is 0.252 e. The second-order valence-electron chi connectivity index (χ2n) is 7.12. The summed E-state index contributed by atoms with van der Waals surface area (Å²) >= 11 is 1.74. The van der Waals surface area contributed by atoms with E-state index >= 15 is 0 Å². The first-order valence-electron chi connectivity index (χ1n) is 9.26. The number of nitrogens with zero attached hydrogens (tertiary/aromatic N) is 1. The molecule has 0 aliphatic heterocycles. The van der Waals surface area contributed by atoms with E-state index in [-0.39, 0.29) is 5.91 Å². The van der Waals surface area contributed by atoms with Crippen LogP contribution >= 0.6 is 11.3 Å². The van der Waals surface area contributed by atoms with Gasteiger partial charge in [0.05, 0.1) is 16.8 Å². The SMILES string of the molecule is O=C(NC1CC1)c1c2c(nc3ccccc13)/C(=C\c1cccs1)CCC2. The molecule has 130 valence electrons. The summed E-state index contributed by atoms with van der Waals surface area (Å²) in [5.41, 5.74) is 5.14. The molecule has 0 atom stereocenters. The highest BCUT2D eigenvalue weighted by molar-refractivity contribution is 7.10. The van der Waals surface area contributed by atoms with E-state index in [2.05, 4.69) is 28.9 Å². The molecular formula is C22H20N2OS. The molecule has 0 unspecified atom stereocenters. The number of thiophene rings is 1. The number of allylic oxidation sites excluding steroid dienone is 1. The lowest BCUT2D eigenvalue weighted by molar-refractivity contribution is 0.0951. The Labute approximate surface area is 156 Å². The van der Waals surface area contributed by atoms with Crippen LogP contribution in [0, 0.1) is 0 Å². The van der Waals surface area contributed by atoms with Gasteiger partial charge >= 0.3 is 0 Å². The molecule has 2 aromatic heterocycles. The lowest BCUT2D eigenvalue weighted by atomic mass is 9.86. The van der Waals surface area contributed by atoms with E-state index in [1.54, 1.807) is 11.3 Å². The van der Waals surface area contributed by atoms with Gasteiger partial charge in [0, 0.05) is 16.3 Å². The van der Waals surface area contributed by atoms with Crippen LogP contribution in [0.2, 0.25) is 0 Å². The maximum Gasteiger partial charge on any atom is 0.252 e. The molecule has 3 nitrogen and oxygen atoms in total. The normalized spacial score (nSPS) is 18.1. The highest BCUT2D eigenvalue weighted by atomic mass is 32.1. The number of carbonyl (C=O) groups excluding carboxylic acids is 1. The van der Waals surface area contributed by atoms with Crippen LogP contribution in [-0.4, -0.2) is 16.9 Å². The predicted molar refractivity (Wildman–Crippen MR) is 107 cm³/mol. The summed E-state index contributed by atoms with van der Waals surface area (Å²) < 4.78 is 0. The Balaban J connectivity index is 1.71.